The fourth-order valence-electron chi connectivity index (χ4n) is 1.75. The first kappa shape index (κ1) is 16.0. The van der Waals surface area contributed by atoms with E-state index in [0.29, 0.717) is 37.6 Å². The number of benzene rings is 1. The van der Waals surface area contributed by atoms with Gasteiger partial charge in [0.05, 0.1) is 18.2 Å². The molecule has 5 nitrogen and oxygen atoms in total. The normalized spacial score (nSPS) is 10.1. The maximum Gasteiger partial charge on any atom is 0.234 e. The van der Waals surface area contributed by atoms with E-state index >= 15 is 0 Å². The van der Waals surface area contributed by atoms with E-state index in [1.54, 1.807) is 18.2 Å². The van der Waals surface area contributed by atoms with Crippen molar-refractivity contribution in [3.8, 4) is 11.8 Å². The zero-order valence-corrected chi connectivity index (χ0v) is 12.1. The van der Waals surface area contributed by atoms with Crippen LogP contribution in [0.5, 0.6) is 5.75 Å². The lowest BCUT2D eigenvalue weighted by molar-refractivity contribution is -0.122. The number of carbonyl (C=O) groups is 1. The van der Waals surface area contributed by atoms with Gasteiger partial charge in [0.15, 0.2) is 0 Å². The Hall–Kier alpha value is -2.06. The first-order valence-electron chi connectivity index (χ1n) is 6.81. The highest BCUT2D eigenvalue weighted by Crippen LogP contribution is 2.12. The van der Waals surface area contributed by atoms with Crippen LogP contribution in [0.25, 0.3) is 0 Å². The molecule has 5 heteroatoms. The van der Waals surface area contributed by atoms with Crippen LogP contribution in [0.1, 0.15) is 19.4 Å². The van der Waals surface area contributed by atoms with Crippen LogP contribution in [0.15, 0.2) is 24.3 Å². The SMILES string of the molecule is CCNC(=O)CN(CC)CCOc1cccc(C#N)c1. The maximum atomic E-state index is 11.5. The predicted molar refractivity (Wildman–Crippen MR) is 77.4 cm³/mol. The molecule has 0 aliphatic rings. The van der Waals surface area contributed by atoms with Crippen molar-refractivity contribution in [3.63, 3.8) is 0 Å². The molecule has 0 aromatic heterocycles. The van der Waals surface area contributed by atoms with Crippen LogP contribution in [0.2, 0.25) is 0 Å². The zero-order valence-electron chi connectivity index (χ0n) is 12.1. The molecule has 0 radical (unpaired) electrons. The fourth-order valence-corrected chi connectivity index (χ4v) is 1.75. The van der Waals surface area contributed by atoms with Crippen LogP contribution in [-0.4, -0.2) is 43.6 Å². The fraction of sp³-hybridized carbons (Fsp3) is 0.467. The summed E-state index contributed by atoms with van der Waals surface area (Å²) in [4.78, 5) is 13.5. The van der Waals surface area contributed by atoms with E-state index in [4.69, 9.17) is 10.00 Å². The highest BCUT2D eigenvalue weighted by Gasteiger charge is 2.08. The van der Waals surface area contributed by atoms with Gasteiger partial charge in [-0.3, -0.25) is 9.69 Å². The predicted octanol–water partition coefficient (Wildman–Crippen LogP) is 1.40. The smallest absolute Gasteiger partial charge is 0.234 e. The van der Waals surface area contributed by atoms with Gasteiger partial charge in [-0.15, -0.1) is 0 Å². The summed E-state index contributed by atoms with van der Waals surface area (Å²) < 4.78 is 5.60. The number of nitrogens with zero attached hydrogens (tertiary/aromatic N) is 2. The summed E-state index contributed by atoms with van der Waals surface area (Å²) in [5.74, 6) is 0.707. The lowest BCUT2D eigenvalue weighted by atomic mass is 10.2. The molecule has 20 heavy (non-hydrogen) atoms. The third kappa shape index (κ3) is 5.72. The van der Waals surface area contributed by atoms with Gasteiger partial charge in [-0.05, 0) is 31.7 Å². The first-order chi connectivity index (χ1) is 9.69. The number of nitrogens with one attached hydrogen (secondary N) is 1. The second kappa shape index (κ2) is 8.94. The summed E-state index contributed by atoms with van der Waals surface area (Å²) in [5, 5.41) is 11.6. The number of likely N-dealkylation sites (N-methyl/N-ethyl adjacent to an activating group) is 2. The number of hydrogen-bond donors (Lipinski definition) is 1. The molecule has 108 valence electrons. The van der Waals surface area contributed by atoms with E-state index in [1.807, 2.05) is 24.8 Å². The average Bonchev–Trinajstić information content (AvgIpc) is 2.46. The summed E-state index contributed by atoms with van der Waals surface area (Å²) in [6.07, 6.45) is 0. The average molecular weight is 275 g/mol. The van der Waals surface area contributed by atoms with Crippen LogP contribution in [0, 0.1) is 11.3 Å². The number of ether oxygens (including phenoxy) is 1. The number of amides is 1. The third-order valence-electron chi connectivity index (χ3n) is 2.83. The number of carbonyl (C=O) groups excluding carboxylic acids is 1. The largest absolute Gasteiger partial charge is 0.492 e. The van der Waals surface area contributed by atoms with Crippen LogP contribution < -0.4 is 10.1 Å². The van der Waals surface area contributed by atoms with E-state index in [-0.39, 0.29) is 5.91 Å². The molecule has 0 aliphatic heterocycles. The topological polar surface area (TPSA) is 65.4 Å². The van der Waals surface area contributed by atoms with E-state index in [1.165, 1.54) is 0 Å². The standard InChI is InChI=1S/C15H21N3O2/c1-3-17-15(19)12-18(4-2)8-9-20-14-7-5-6-13(10-14)11-16/h5-7,10H,3-4,8-9,12H2,1-2H3,(H,17,19). The molecule has 1 N–H and O–H groups in total. The Morgan fingerprint density at radius 2 is 2.25 bits per heavy atom. The van der Waals surface area contributed by atoms with Gasteiger partial charge >= 0.3 is 0 Å². The van der Waals surface area contributed by atoms with Gasteiger partial charge < -0.3 is 10.1 Å². The maximum absolute atomic E-state index is 11.5. The second-order valence-corrected chi connectivity index (χ2v) is 4.31. The van der Waals surface area contributed by atoms with Crippen molar-refractivity contribution in [3.05, 3.63) is 29.8 Å². The third-order valence-corrected chi connectivity index (χ3v) is 2.83. The number of nitriles is 1. The Bertz CT molecular complexity index is 468. The molecule has 0 saturated carbocycles. The minimum absolute atomic E-state index is 0.0285. The van der Waals surface area contributed by atoms with Crippen molar-refractivity contribution >= 4 is 5.91 Å². The monoisotopic (exact) mass is 275 g/mol. The van der Waals surface area contributed by atoms with E-state index < -0.39 is 0 Å². The molecule has 0 spiro atoms. The Kier molecular flexibility index (Phi) is 7.15. The molecule has 0 bridgehead atoms. The van der Waals surface area contributed by atoms with Crippen molar-refractivity contribution in [1.82, 2.24) is 10.2 Å². The zero-order chi connectivity index (χ0) is 14.8. The summed E-state index contributed by atoms with van der Waals surface area (Å²) >= 11 is 0. The minimum atomic E-state index is 0.0285. The van der Waals surface area contributed by atoms with Crippen molar-refractivity contribution in [2.45, 2.75) is 13.8 Å². The second-order valence-electron chi connectivity index (χ2n) is 4.31. The van der Waals surface area contributed by atoms with E-state index in [2.05, 4.69) is 11.4 Å². The molecule has 0 unspecified atom stereocenters. The summed E-state index contributed by atoms with van der Waals surface area (Å²) in [5.41, 5.74) is 0.581. The molecule has 0 heterocycles. The summed E-state index contributed by atoms with van der Waals surface area (Å²) in [6, 6.07) is 9.13. The van der Waals surface area contributed by atoms with Gasteiger partial charge in [0.2, 0.25) is 5.91 Å². The Labute approximate surface area is 120 Å². The van der Waals surface area contributed by atoms with Gasteiger partial charge in [-0.2, -0.15) is 5.26 Å². The lowest BCUT2D eigenvalue weighted by Crippen LogP contribution is -2.38. The first-order valence-corrected chi connectivity index (χ1v) is 6.81. The van der Waals surface area contributed by atoms with Crippen LogP contribution >= 0.6 is 0 Å². The summed E-state index contributed by atoms with van der Waals surface area (Å²) in [6.45, 7) is 6.89. The van der Waals surface area contributed by atoms with Crippen molar-refractivity contribution in [2.24, 2.45) is 0 Å². The molecule has 0 aliphatic carbocycles. The van der Waals surface area contributed by atoms with E-state index in [0.717, 1.165) is 6.54 Å². The number of hydrogen-bond acceptors (Lipinski definition) is 4. The van der Waals surface area contributed by atoms with Gasteiger partial charge in [-0.25, -0.2) is 0 Å². The molecule has 0 saturated heterocycles. The molecular formula is C15H21N3O2. The molecule has 1 amide bonds. The van der Waals surface area contributed by atoms with Crippen molar-refractivity contribution in [1.29, 1.82) is 5.26 Å². The highest BCUT2D eigenvalue weighted by molar-refractivity contribution is 5.77. The number of rotatable bonds is 8. The van der Waals surface area contributed by atoms with Crippen LogP contribution in [0.4, 0.5) is 0 Å². The molecule has 0 atom stereocenters. The Morgan fingerprint density at radius 3 is 2.90 bits per heavy atom. The van der Waals surface area contributed by atoms with Gasteiger partial charge in [0.25, 0.3) is 0 Å². The highest BCUT2D eigenvalue weighted by atomic mass is 16.5. The lowest BCUT2D eigenvalue weighted by Gasteiger charge is -2.19. The van der Waals surface area contributed by atoms with Crippen molar-refractivity contribution < 1.29 is 9.53 Å². The van der Waals surface area contributed by atoms with Gasteiger partial charge in [0.1, 0.15) is 12.4 Å². The molecule has 0 fully saturated rings. The quantitative estimate of drug-likeness (QED) is 0.778. The molecule has 1 aromatic rings. The van der Waals surface area contributed by atoms with Crippen molar-refractivity contribution in [2.75, 3.05) is 32.8 Å². The van der Waals surface area contributed by atoms with Gasteiger partial charge in [-0.1, -0.05) is 13.0 Å². The Balaban J connectivity index is 2.37. The van der Waals surface area contributed by atoms with Gasteiger partial charge in [0, 0.05) is 13.1 Å². The molecule has 1 rings (SSSR count). The summed E-state index contributed by atoms with van der Waals surface area (Å²) in [7, 11) is 0. The van der Waals surface area contributed by atoms with E-state index in [9.17, 15) is 4.79 Å². The molecule has 1 aromatic carbocycles. The molecular weight excluding hydrogens is 254 g/mol. The minimum Gasteiger partial charge on any atom is -0.492 e. The van der Waals surface area contributed by atoms with Crippen LogP contribution in [-0.2, 0) is 4.79 Å². The Morgan fingerprint density at radius 1 is 1.45 bits per heavy atom. The van der Waals surface area contributed by atoms with Crippen LogP contribution in [0.3, 0.4) is 0 Å².